The van der Waals surface area contributed by atoms with Crippen molar-refractivity contribution in [3.63, 3.8) is 0 Å². The lowest BCUT2D eigenvalue weighted by molar-refractivity contribution is -0.186. The average Bonchev–Trinajstić information content (AvgIpc) is 2.97. The molecule has 1 aliphatic carbocycles. The molecule has 3 heteroatoms. The van der Waals surface area contributed by atoms with E-state index in [4.69, 9.17) is 14.6 Å². The van der Waals surface area contributed by atoms with Crippen LogP contribution in [0, 0.1) is 0 Å². The van der Waals surface area contributed by atoms with Gasteiger partial charge >= 0.3 is 0 Å². The second kappa shape index (κ2) is 4.43. The van der Waals surface area contributed by atoms with Gasteiger partial charge in [-0.05, 0) is 32.1 Å². The Morgan fingerprint density at radius 3 is 2.86 bits per heavy atom. The summed E-state index contributed by atoms with van der Waals surface area (Å²) in [6, 6.07) is 0. The summed E-state index contributed by atoms with van der Waals surface area (Å²) < 4.78 is 11.4. The quantitative estimate of drug-likeness (QED) is 0.697. The van der Waals surface area contributed by atoms with Gasteiger partial charge in [0.15, 0.2) is 6.29 Å². The van der Waals surface area contributed by atoms with Gasteiger partial charge in [0.1, 0.15) is 0 Å². The molecule has 14 heavy (non-hydrogen) atoms. The van der Waals surface area contributed by atoms with Crippen molar-refractivity contribution in [2.24, 2.45) is 0 Å². The zero-order valence-electron chi connectivity index (χ0n) is 8.45. The fourth-order valence-corrected chi connectivity index (χ4v) is 1.78. The standard InChI is InChI=1S/C11H18O3/c12-8-3-5-11(6-7-11)14-10-4-1-2-9-13-10/h3,5,10,12H,1-2,4,6-9H2/b5-3+. The topological polar surface area (TPSA) is 38.7 Å². The van der Waals surface area contributed by atoms with E-state index in [9.17, 15) is 0 Å². The van der Waals surface area contributed by atoms with Gasteiger partial charge < -0.3 is 14.6 Å². The van der Waals surface area contributed by atoms with Crippen molar-refractivity contribution in [3.05, 3.63) is 12.2 Å². The van der Waals surface area contributed by atoms with Crippen LogP contribution < -0.4 is 0 Å². The van der Waals surface area contributed by atoms with Crippen molar-refractivity contribution in [2.75, 3.05) is 13.2 Å². The molecule has 0 aromatic rings. The molecule has 2 fully saturated rings. The van der Waals surface area contributed by atoms with Crippen molar-refractivity contribution >= 4 is 0 Å². The van der Waals surface area contributed by atoms with E-state index >= 15 is 0 Å². The number of aliphatic hydroxyl groups is 1. The first-order valence-corrected chi connectivity index (χ1v) is 5.43. The maximum absolute atomic E-state index is 8.69. The fourth-order valence-electron chi connectivity index (χ4n) is 1.78. The highest BCUT2D eigenvalue weighted by molar-refractivity contribution is 5.12. The molecule has 1 saturated carbocycles. The predicted octanol–water partition coefficient (Wildman–Crippen LogP) is 1.61. The van der Waals surface area contributed by atoms with Gasteiger partial charge in [0.05, 0.1) is 12.2 Å². The lowest BCUT2D eigenvalue weighted by Crippen LogP contribution is -2.28. The van der Waals surface area contributed by atoms with Crippen molar-refractivity contribution in [3.8, 4) is 0 Å². The molecule has 0 radical (unpaired) electrons. The van der Waals surface area contributed by atoms with Crippen molar-refractivity contribution in [1.29, 1.82) is 0 Å². The van der Waals surface area contributed by atoms with Gasteiger partial charge in [0.25, 0.3) is 0 Å². The van der Waals surface area contributed by atoms with E-state index in [0.717, 1.165) is 32.3 Å². The molecular weight excluding hydrogens is 180 g/mol. The molecule has 0 aromatic carbocycles. The molecule has 2 aliphatic rings. The maximum atomic E-state index is 8.69. The van der Waals surface area contributed by atoms with E-state index in [1.807, 2.05) is 6.08 Å². The second-order valence-electron chi connectivity index (χ2n) is 4.06. The van der Waals surface area contributed by atoms with Crippen LogP contribution in [0.15, 0.2) is 12.2 Å². The molecule has 1 saturated heterocycles. The van der Waals surface area contributed by atoms with Gasteiger partial charge in [-0.1, -0.05) is 12.2 Å². The minimum Gasteiger partial charge on any atom is -0.392 e. The van der Waals surface area contributed by atoms with Crippen LogP contribution in [0.5, 0.6) is 0 Å². The molecule has 1 unspecified atom stereocenters. The summed E-state index contributed by atoms with van der Waals surface area (Å²) in [5, 5.41) is 8.69. The molecule has 3 nitrogen and oxygen atoms in total. The number of ether oxygens (including phenoxy) is 2. The molecule has 2 rings (SSSR count). The Hall–Kier alpha value is -0.380. The zero-order valence-corrected chi connectivity index (χ0v) is 8.45. The third-order valence-corrected chi connectivity index (χ3v) is 2.77. The summed E-state index contributed by atoms with van der Waals surface area (Å²) in [7, 11) is 0. The van der Waals surface area contributed by atoms with Gasteiger partial charge in [0, 0.05) is 6.61 Å². The maximum Gasteiger partial charge on any atom is 0.158 e. The van der Waals surface area contributed by atoms with Crippen LogP contribution in [-0.2, 0) is 9.47 Å². The lowest BCUT2D eigenvalue weighted by Gasteiger charge is -2.26. The Kier molecular flexibility index (Phi) is 3.21. The van der Waals surface area contributed by atoms with Crippen molar-refractivity contribution in [1.82, 2.24) is 0 Å². The molecular formula is C11H18O3. The largest absolute Gasteiger partial charge is 0.392 e. The third-order valence-electron chi connectivity index (χ3n) is 2.77. The van der Waals surface area contributed by atoms with Crippen LogP contribution in [0.25, 0.3) is 0 Å². The third kappa shape index (κ3) is 2.56. The highest BCUT2D eigenvalue weighted by atomic mass is 16.7. The summed E-state index contributed by atoms with van der Waals surface area (Å²) in [6.07, 6.45) is 9.20. The Labute approximate surface area is 84.7 Å². The van der Waals surface area contributed by atoms with Gasteiger partial charge in [-0.3, -0.25) is 0 Å². The summed E-state index contributed by atoms with van der Waals surface area (Å²) in [6.45, 7) is 0.918. The van der Waals surface area contributed by atoms with E-state index in [1.54, 1.807) is 6.08 Å². The number of aliphatic hydroxyl groups excluding tert-OH is 1. The average molecular weight is 198 g/mol. The molecule has 0 aromatic heterocycles. The Morgan fingerprint density at radius 2 is 2.29 bits per heavy atom. The molecule has 80 valence electrons. The van der Waals surface area contributed by atoms with Crippen molar-refractivity contribution in [2.45, 2.75) is 44.0 Å². The van der Waals surface area contributed by atoms with E-state index in [1.165, 1.54) is 6.42 Å². The molecule has 1 N–H and O–H groups in total. The minimum absolute atomic E-state index is 0.0189. The fraction of sp³-hybridized carbons (Fsp3) is 0.818. The number of rotatable bonds is 4. The number of hydrogen-bond acceptors (Lipinski definition) is 3. The summed E-state index contributed by atoms with van der Waals surface area (Å²) in [5.74, 6) is 0. The van der Waals surface area contributed by atoms with Crippen LogP contribution in [0.2, 0.25) is 0 Å². The van der Waals surface area contributed by atoms with E-state index in [-0.39, 0.29) is 18.5 Å². The summed E-state index contributed by atoms with van der Waals surface area (Å²) >= 11 is 0. The monoisotopic (exact) mass is 198 g/mol. The van der Waals surface area contributed by atoms with Gasteiger partial charge in [-0.2, -0.15) is 0 Å². The predicted molar refractivity (Wildman–Crippen MR) is 52.9 cm³/mol. The molecule has 1 heterocycles. The molecule has 1 atom stereocenters. The highest BCUT2D eigenvalue weighted by Crippen LogP contribution is 2.42. The van der Waals surface area contributed by atoms with E-state index < -0.39 is 0 Å². The normalized spacial score (nSPS) is 30.8. The zero-order chi connectivity index (χ0) is 9.86. The number of hydrogen-bond donors (Lipinski definition) is 1. The molecule has 0 amide bonds. The lowest BCUT2D eigenvalue weighted by atomic mass is 10.2. The SMILES string of the molecule is OC/C=C/C1(OC2CCCCO2)CC1. The molecule has 1 aliphatic heterocycles. The van der Waals surface area contributed by atoms with Crippen molar-refractivity contribution < 1.29 is 14.6 Å². The van der Waals surface area contributed by atoms with Crippen LogP contribution in [0.1, 0.15) is 32.1 Å². The molecule has 0 bridgehead atoms. The van der Waals surface area contributed by atoms with Gasteiger partial charge in [0.2, 0.25) is 0 Å². The van der Waals surface area contributed by atoms with Crippen LogP contribution >= 0.6 is 0 Å². The van der Waals surface area contributed by atoms with Crippen LogP contribution in [-0.4, -0.2) is 30.2 Å². The van der Waals surface area contributed by atoms with E-state index in [0.29, 0.717) is 0 Å². The summed E-state index contributed by atoms with van der Waals surface area (Å²) in [4.78, 5) is 0. The first kappa shape index (κ1) is 10.1. The van der Waals surface area contributed by atoms with Gasteiger partial charge in [-0.25, -0.2) is 0 Å². The first-order valence-electron chi connectivity index (χ1n) is 5.43. The first-order chi connectivity index (χ1) is 6.85. The summed E-state index contributed by atoms with van der Waals surface area (Å²) in [5.41, 5.74) is -0.106. The Balaban J connectivity index is 1.80. The van der Waals surface area contributed by atoms with Crippen LogP contribution in [0.3, 0.4) is 0 Å². The highest BCUT2D eigenvalue weighted by Gasteiger charge is 2.43. The van der Waals surface area contributed by atoms with Crippen LogP contribution in [0.4, 0.5) is 0 Å². The smallest absolute Gasteiger partial charge is 0.158 e. The Bertz CT molecular complexity index is 203. The second-order valence-corrected chi connectivity index (χ2v) is 4.06. The van der Waals surface area contributed by atoms with E-state index in [2.05, 4.69) is 0 Å². The Morgan fingerprint density at radius 1 is 1.43 bits per heavy atom. The minimum atomic E-state index is -0.106. The molecule has 0 spiro atoms. The van der Waals surface area contributed by atoms with Gasteiger partial charge in [-0.15, -0.1) is 0 Å².